The average molecular weight is 150 g/mol. The maximum atomic E-state index is 8.94. The van der Waals surface area contributed by atoms with Crippen molar-refractivity contribution in [2.75, 3.05) is 7.11 Å². The third-order valence-corrected chi connectivity index (χ3v) is 1.44. The molecule has 11 heavy (non-hydrogen) atoms. The van der Waals surface area contributed by atoms with E-state index in [4.69, 9.17) is 9.84 Å². The van der Waals surface area contributed by atoms with E-state index >= 15 is 0 Å². The Labute approximate surface area is 65.7 Å². The van der Waals surface area contributed by atoms with Gasteiger partial charge in [-0.15, -0.1) is 0 Å². The molecule has 0 spiro atoms. The van der Waals surface area contributed by atoms with Gasteiger partial charge in [-0.3, -0.25) is 0 Å². The van der Waals surface area contributed by atoms with Gasteiger partial charge in [-0.1, -0.05) is 6.58 Å². The Morgan fingerprint density at radius 3 is 2.36 bits per heavy atom. The van der Waals surface area contributed by atoms with E-state index in [1.54, 1.807) is 31.4 Å². The molecule has 0 atom stereocenters. The van der Waals surface area contributed by atoms with Crippen LogP contribution in [-0.2, 0) is 4.74 Å². The summed E-state index contributed by atoms with van der Waals surface area (Å²) in [4.78, 5) is 0. The highest BCUT2D eigenvalue weighted by molar-refractivity contribution is 5.57. The van der Waals surface area contributed by atoms with Gasteiger partial charge in [0.25, 0.3) is 0 Å². The van der Waals surface area contributed by atoms with Gasteiger partial charge < -0.3 is 9.84 Å². The quantitative estimate of drug-likeness (QED) is 0.653. The molecule has 0 aliphatic heterocycles. The standard InChI is InChI=1S/C9H10O2/c1-7(11-2)8-3-5-9(10)6-4-8/h3-6,10H,1H2,2H3. The van der Waals surface area contributed by atoms with Crippen LogP contribution in [0.5, 0.6) is 5.75 Å². The molecule has 0 heterocycles. The van der Waals surface area contributed by atoms with Crippen LogP contribution >= 0.6 is 0 Å². The molecular formula is C9H10O2. The second kappa shape index (κ2) is 3.10. The number of phenols is 1. The molecule has 1 aromatic rings. The lowest BCUT2D eigenvalue weighted by Crippen LogP contribution is -1.83. The minimum atomic E-state index is 0.248. The molecule has 0 bridgehead atoms. The van der Waals surface area contributed by atoms with Crippen LogP contribution in [0.4, 0.5) is 0 Å². The largest absolute Gasteiger partial charge is 0.508 e. The van der Waals surface area contributed by atoms with Crippen molar-refractivity contribution in [3.63, 3.8) is 0 Å². The number of benzene rings is 1. The molecule has 1 rings (SSSR count). The fraction of sp³-hybridized carbons (Fsp3) is 0.111. The molecular weight excluding hydrogens is 140 g/mol. The van der Waals surface area contributed by atoms with Gasteiger partial charge in [0.1, 0.15) is 11.5 Å². The van der Waals surface area contributed by atoms with Gasteiger partial charge in [-0.05, 0) is 24.3 Å². The van der Waals surface area contributed by atoms with Gasteiger partial charge in [0.15, 0.2) is 0 Å². The predicted molar refractivity (Wildman–Crippen MR) is 44.1 cm³/mol. The summed E-state index contributed by atoms with van der Waals surface area (Å²) >= 11 is 0. The van der Waals surface area contributed by atoms with Crippen molar-refractivity contribution in [1.82, 2.24) is 0 Å². The van der Waals surface area contributed by atoms with E-state index in [1.165, 1.54) is 0 Å². The van der Waals surface area contributed by atoms with E-state index < -0.39 is 0 Å². The number of methoxy groups -OCH3 is 1. The summed E-state index contributed by atoms with van der Waals surface area (Å²) in [6.45, 7) is 3.67. The number of hydrogen-bond acceptors (Lipinski definition) is 2. The van der Waals surface area contributed by atoms with Gasteiger partial charge in [0, 0.05) is 5.56 Å². The Balaban J connectivity index is 2.90. The first-order valence-electron chi connectivity index (χ1n) is 3.26. The molecule has 0 aromatic heterocycles. The van der Waals surface area contributed by atoms with Crippen LogP contribution in [0.15, 0.2) is 30.8 Å². The van der Waals surface area contributed by atoms with Crippen LogP contribution in [0.2, 0.25) is 0 Å². The van der Waals surface area contributed by atoms with E-state index in [2.05, 4.69) is 6.58 Å². The lowest BCUT2D eigenvalue weighted by atomic mass is 10.2. The summed E-state index contributed by atoms with van der Waals surface area (Å²) in [5, 5.41) is 8.94. The van der Waals surface area contributed by atoms with Crippen LogP contribution in [-0.4, -0.2) is 12.2 Å². The fourth-order valence-electron chi connectivity index (χ4n) is 0.765. The molecule has 58 valence electrons. The van der Waals surface area contributed by atoms with Crippen LogP contribution in [0.25, 0.3) is 5.76 Å². The molecule has 0 saturated carbocycles. The van der Waals surface area contributed by atoms with E-state index in [0.717, 1.165) is 5.56 Å². The van der Waals surface area contributed by atoms with Gasteiger partial charge >= 0.3 is 0 Å². The second-order valence-corrected chi connectivity index (χ2v) is 2.17. The summed E-state index contributed by atoms with van der Waals surface area (Å²) in [7, 11) is 1.56. The van der Waals surface area contributed by atoms with Crippen molar-refractivity contribution in [3.8, 4) is 5.75 Å². The molecule has 0 amide bonds. The van der Waals surface area contributed by atoms with Crippen LogP contribution in [0.1, 0.15) is 5.56 Å². The lowest BCUT2D eigenvalue weighted by molar-refractivity contribution is 0.371. The Morgan fingerprint density at radius 2 is 1.91 bits per heavy atom. The molecule has 0 radical (unpaired) electrons. The summed E-state index contributed by atoms with van der Waals surface area (Å²) in [5.74, 6) is 0.850. The van der Waals surface area contributed by atoms with Crippen molar-refractivity contribution >= 4 is 5.76 Å². The molecule has 0 aliphatic carbocycles. The summed E-state index contributed by atoms with van der Waals surface area (Å²) < 4.78 is 4.90. The van der Waals surface area contributed by atoms with Gasteiger partial charge in [0.2, 0.25) is 0 Å². The zero-order chi connectivity index (χ0) is 8.27. The van der Waals surface area contributed by atoms with E-state index in [0.29, 0.717) is 5.76 Å². The van der Waals surface area contributed by atoms with E-state index in [9.17, 15) is 0 Å². The molecule has 2 nitrogen and oxygen atoms in total. The smallest absolute Gasteiger partial charge is 0.118 e. The number of phenolic OH excluding ortho intramolecular Hbond substituents is 1. The predicted octanol–water partition coefficient (Wildman–Crippen LogP) is 2.01. The maximum absolute atomic E-state index is 8.94. The number of rotatable bonds is 2. The molecule has 2 heteroatoms. The van der Waals surface area contributed by atoms with Crippen molar-refractivity contribution < 1.29 is 9.84 Å². The lowest BCUT2D eigenvalue weighted by Gasteiger charge is -2.02. The number of hydrogen-bond donors (Lipinski definition) is 1. The van der Waals surface area contributed by atoms with Crippen LogP contribution < -0.4 is 0 Å². The molecule has 1 aromatic carbocycles. The highest BCUT2D eigenvalue weighted by Gasteiger charge is 1.95. The third kappa shape index (κ3) is 1.74. The second-order valence-electron chi connectivity index (χ2n) is 2.17. The Morgan fingerprint density at radius 1 is 1.36 bits per heavy atom. The summed E-state index contributed by atoms with van der Waals surface area (Å²) in [6.07, 6.45) is 0. The van der Waals surface area contributed by atoms with Crippen molar-refractivity contribution in [3.05, 3.63) is 36.4 Å². The van der Waals surface area contributed by atoms with Crippen molar-refractivity contribution in [2.24, 2.45) is 0 Å². The highest BCUT2D eigenvalue weighted by Crippen LogP contribution is 2.16. The fourth-order valence-corrected chi connectivity index (χ4v) is 0.765. The normalized spacial score (nSPS) is 9.18. The molecule has 0 aliphatic rings. The topological polar surface area (TPSA) is 29.5 Å². The minimum Gasteiger partial charge on any atom is -0.508 e. The van der Waals surface area contributed by atoms with Crippen molar-refractivity contribution in [2.45, 2.75) is 0 Å². The van der Waals surface area contributed by atoms with E-state index in [1.807, 2.05) is 0 Å². The minimum absolute atomic E-state index is 0.248. The monoisotopic (exact) mass is 150 g/mol. The van der Waals surface area contributed by atoms with Crippen LogP contribution in [0, 0.1) is 0 Å². The third-order valence-electron chi connectivity index (χ3n) is 1.44. The van der Waals surface area contributed by atoms with Gasteiger partial charge in [-0.2, -0.15) is 0 Å². The van der Waals surface area contributed by atoms with E-state index in [-0.39, 0.29) is 5.75 Å². The first-order valence-corrected chi connectivity index (χ1v) is 3.26. The molecule has 1 N–H and O–H groups in total. The van der Waals surface area contributed by atoms with Gasteiger partial charge in [-0.25, -0.2) is 0 Å². The first kappa shape index (κ1) is 7.66. The number of aromatic hydroxyl groups is 1. The molecule has 0 unspecified atom stereocenters. The summed E-state index contributed by atoms with van der Waals surface area (Å²) in [5.41, 5.74) is 0.880. The Hall–Kier alpha value is -1.44. The van der Waals surface area contributed by atoms with Gasteiger partial charge in [0.05, 0.1) is 7.11 Å². The maximum Gasteiger partial charge on any atom is 0.118 e. The molecule has 0 saturated heterocycles. The average Bonchev–Trinajstić information content (AvgIpc) is 2.05. The SMILES string of the molecule is C=C(OC)c1ccc(O)cc1. The Kier molecular flexibility index (Phi) is 2.16. The zero-order valence-corrected chi connectivity index (χ0v) is 6.37. The summed E-state index contributed by atoms with van der Waals surface area (Å²) in [6, 6.07) is 6.70. The number of ether oxygens (including phenoxy) is 1. The van der Waals surface area contributed by atoms with Crippen molar-refractivity contribution in [1.29, 1.82) is 0 Å². The Bertz CT molecular complexity index is 249. The molecule has 0 fully saturated rings. The zero-order valence-electron chi connectivity index (χ0n) is 6.37. The first-order chi connectivity index (χ1) is 5.24. The van der Waals surface area contributed by atoms with Crippen LogP contribution in [0.3, 0.4) is 0 Å². The highest BCUT2D eigenvalue weighted by atomic mass is 16.5.